The van der Waals surface area contributed by atoms with E-state index in [0.717, 1.165) is 6.54 Å². The van der Waals surface area contributed by atoms with E-state index >= 15 is 0 Å². The van der Waals surface area contributed by atoms with Crippen LogP contribution in [0.15, 0.2) is 6.20 Å². The smallest absolute Gasteiger partial charge is 0.222 e. The topological polar surface area (TPSA) is 63.8 Å². The zero-order valence-electron chi connectivity index (χ0n) is 9.04. The number of thioether (sulfide) groups is 1. The van der Waals surface area contributed by atoms with Crippen LogP contribution in [-0.2, 0) is 0 Å². The lowest BCUT2D eigenvalue weighted by atomic mass is 10.2. The monoisotopic (exact) mass is 246 g/mol. The van der Waals surface area contributed by atoms with Crippen LogP contribution >= 0.6 is 23.4 Å². The molecule has 0 unspecified atom stereocenters. The summed E-state index contributed by atoms with van der Waals surface area (Å²) in [6.07, 6.45) is 3.57. The van der Waals surface area contributed by atoms with Crippen LogP contribution in [0.4, 0.5) is 11.8 Å². The summed E-state index contributed by atoms with van der Waals surface area (Å²) in [5.74, 6) is 0.815. The summed E-state index contributed by atoms with van der Waals surface area (Å²) in [5, 5.41) is 3.65. The van der Waals surface area contributed by atoms with E-state index in [9.17, 15) is 0 Å². The molecule has 1 rings (SSSR count). The third-order valence-corrected chi connectivity index (χ3v) is 3.52. The zero-order chi connectivity index (χ0) is 11.5. The second-order valence-corrected chi connectivity index (χ2v) is 5.66. The highest BCUT2D eigenvalue weighted by atomic mass is 35.5. The van der Waals surface area contributed by atoms with Crippen molar-refractivity contribution in [1.29, 1.82) is 0 Å². The Balaban J connectivity index is 2.69. The maximum absolute atomic E-state index is 5.92. The molecule has 6 heteroatoms. The molecule has 1 aromatic heterocycles. The SMILES string of the molecule is CSC(C)(C)CNc1nc(N)ncc1Cl. The minimum Gasteiger partial charge on any atom is -0.368 e. The predicted molar refractivity (Wildman–Crippen MR) is 67.5 cm³/mol. The largest absolute Gasteiger partial charge is 0.368 e. The number of nitrogens with zero attached hydrogens (tertiary/aromatic N) is 2. The summed E-state index contributed by atoms with van der Waals surface area (Å²) >= 11 is 7.69. The average molecular weight is 247 g/mol. The molecule has 0 aliphatic carbocycles. The Bertz CT molecular complexity index is 343. The van der Waals surface area contributed by atoms with Crippen LogP contribution in [0.5, 0.6) is 0 Å². The van der Waals surface area contributed by atoms with Crippen LogP contribution < -0.4 is 11.1 Å². The van der Waals surface area contributed by atoms with E-state index in [1.54, 1.807) is 11.8 Å². The average Bonchev–Trinajstić information content (AvgIpc) is 2.20. The molecule has 1 heterocycles. The van der Waals surface area contributed by atoms with Gasteiger partial charge in [0.15, 0.2) is 5.82 Å². The van der Waals surface area contributed by atoms with Crippen molar-refractivity contribution in [3.63, 3.8) is 0 Å². The number of nitrogen functional groups attached to an aromatic ring is 1. The van der Waals surface area contributed by atoms with Gasteiger partial charge in [0.2, 0.25) is 5.95 Å². The van der Waals surface area contributed by atoms with Crippen molar-refractivity contribution >= 4 is 35.1 Å². The number of rotatable bonds is 4. The Labute approximate surface area is 99.0 Å². The molecule has 4 nitrogen and oxygen atoms in total. The van der Waals surface area contributed by atoms with Crippen molar-refractivity contribution in [2.45, 2.75) is 18.6 Å². The third-order valence-electron chi connectivity index (χ3n) is 2.00. The van der Waals surface area contributed by atoms with E-state index in [4.69, 9.17) is 17.3 Å². The summed E-state index contributed by atoms with van der Waals surface area (Å²) < 4.78 is 0.128. The van der Waals surface area contributed by atoms with Crippen molar-refractivity contribution in [3.8, 4) is 0 Å². The second kappa shape index (κ2) is 4.90. The van der Waals surface area contributed by atoms with Crippen LogP contribution in [0.2, 0.25) is 5.02 Å². The number of anilines is 2. The first-order valence-electron chi connectivity index (χ1n) is 4.51. The van der Waals surface area contributed by atoms with Crippen LogP contribution in [0.1, 0.15) is 13.8 Å². The quantitative estimate of drug-likeness (QED) is 0.853. The molecule has 3 N–H and O–H groups in total. The summed E-state index contributed by atoms with van der Waals surface area (Å²) in [6.45, 7) is 5.05. The van der Waals surface area contributed by atoms with E-state index in [1.807, 2.05) is 0 Å². The highest BCUT2D eigenvalue weighted by Gasteiger charge is 2.16. The lowest BCUT2D eigenvalue weighted by molar-refractivity contribution is 0.750. The van der Waals surface area contributed by atoms with Crippen LogP contribution in [0.25, 0.3) is 0 Å². The third kappa shape index (κ3) is 3.76. The Morgan fingerprint density at radius 2 is 2.27 bits per heavy atom. The van der Waals surface area contributed by atoms with Crippen molar-refractivity contribution in [2.75, 3.05) is 23.9 Å². The Morgan fingerprint density at radius 3 is 2.87 bits per heavy atom. The molecule has 0 aromatic carbocycles. The maximum atomic E-state index is 5.92. The highest BCUT2D eigenvalue weighted by Crippen LogP contribution is 2.24. The molecule has 0 saturated carbocycles. The molecule has 0 amide bonds. The van der Waals surface area contributed by atoms with Gasteiger partial charge in [0.25, 0.3) is 0 Å². The Hall–Kier alpha value is -0.680. The van der Waals surface area contributed by atoms with Gasteiger partial charge < -0.3 is 11.1 Å². The van der Waals surface area contributed by atoms with Gasteiger partial charge in [-0.05, 0) is 20.1 Å². The molecule has 0 atom stereocenters. The van der Waals surface area contributed by atoms with Crippen LogP contribution in [0.3, 0.4) is 0 Å². The van der Waals surface area contributed by atoms with Crippen LogP contribution in [-0.4, -0.2) is 27.5 Å². The van der Waals surface area contributed by atoms with Crippen molar-refractivity contribution in [3.05, 3.63) is 11.2 Å². The van der Waals surface area contributed by atoms with E-state index in [2.05, 4.69) is 35.4 Å². The van der Waals surface area contributed by atoms with Gasteiger partial charge in [0, 0.05) is 11.3 Å². The number of hydrogen-bond acceptors (Lipinski definition) is 5. The number of nitrogens with one attached hydrogen (secondary N) is 1. The van der Waals surface area contributed by atoms with Gasteiger partial charge in [-0.2, -0.15) is 16.7 Å². The first-order chi connectivity index (χ1) is 6.94. The molecule has 0 saturated heterocycles. The molecule has 0 aliphatic heterocycles. The van der Waals surface area contributed by atoms with Crippen LogP contribution in [0, 0.1) is 0 Å². The fourth-order valence-electron chi connectivity index (χ4n) is 0.873. The number of aromatic nitrogens is 2. The molecule has 0 spiro atoms. The van der Waals surface area contributed by atoms with E-state index in [-0.39, 0.29) is 10.7 Å². The minimum absolute atomic E-state index is 0.128. The summed E-state index contributed by atoms with van der Waals surface area (Å²) in [6, 6.07) is 0. The predicted octanol–water partition coefficient (Wildman–Crippen LogP) is 2.27. The first kappa shape index (κ1) is 12.4. The van der Waals surface area contributed by atoms with E-state index in [0.29, 0.717) is 10.8 Å². The summed E-state index contributed by atoms with van der Waals surface area (Å²) in [7, 11) is 0. The van der Waals surface area contributed by atoms with Crippen molar-refractivity contribution in [1.82, 2.24) is 9.97 Å². The molecule has 84 valence electrons. The van der Waals surface area contributed by atoms with E-state index in [1.165, 1.54) is 6.20 Å². The zero-order valence-corrected chi connectivity index (χ0v) is 10.6. The molecule has 0 aliphatic rings. The Kier molecular flexibility index (Phi) is 4.04. The van der Waals surface area contributed by atoms with Gasteiger partial charge in [-0.25, -0.2) is 4.98 Å². The molecule has 1 aromatic rings. The van der Waals surface area contributed by atoms with Gasteiger partial charge in [-0.15, -0.1) is 0 Å². The summed E-state index contributed by atoms with van der Waals surface area (Å²) in [5.41, 5.74) is 5.47. The second-order valence-electron chi connectivity index (χ2n) is 3.74. The normalized spacial score (nSPS) is 11.5. The van der Waals surface area contributed by atoms with Crippen molar-refractivity contribution < 1.29 is 0 Å². The highest BCUT2D eigenvalue weighted by molar-refractivity contribution is 7.99. The number of nitrogens with two attached hydrogens (primary N) is 1. The molecule has 0 bridgehead atoms. The van der Waals surface area contributed by atoms with Gasteiger partial charge >= 0.3 is 0 Å². The number of hydrogen-bond donors (Lipinski definition) is 2. The fraction of sp³-hybridized carbons (Fsp3) is 0.556. The molecule has 0 fully saturated rings. The van der Waals surface area contributed by atoms with Gasteiger partial charge in [-0.3, -0.25) is 0 Å². The number of halogens is 1. The lowest BCUT2D eigenvalue weighted by Crippen LogP contribution is -2.26. The maximum Gasteiger partial charge on any atom is 0.222 e. The standard InChI is InChI=1S/C9H15ClN4S/c1-9(2,15-3)5-13-7-6(10)4-12-8(11)14-7/h4H,5H2,1-3H3,(H3,11,12,13,14). The minimum atomic E-state index is 0.128. The van der Waals surface area contributed by atoms with Gasteiger partial charge in [-0.1, -0.05) is 11.6 Å². The first-order valence-corrected chi connectivity index (χ1v) is 6.12. The van der Waals surface area contributed by atoms with E-state index < -0.39 is 0 Å². The molecular weight excluding hydrogens is 232 g/mol. The van der Waals surface area contributed by atoms with Gasteiger partial charge in [0.05, 0.1) is 6.20 Å². The van der Waals surface area contributed by atoms with Gasteiger partial charge in [0.1, 0.15) is 5.02 Å². The molecular formula is C9H15ClN4S. The fourth-order valence-corrected chi connectivity index (χ4v) is 1.25. The summed E-state index contributed by atoms with van der Waals surface area (Å²) in [4.78, 5) is 7.82. The molecule has 0 radical (unpaired) electrons. The lowest BCUT2D eigenvalue weighted by Gasteiger charge is -2.22. The van der Waals surface area contributed by atoms with Crippen molar-refractivity contribution in [2.24, 2.45) is 0 Å². The molecule has 15 heavy (non-hydrogen) atoms. The Morgan fingerprint density at radius 1 is 1.60 bits per heavy atom.